The Morgan fingerprint density at radius 3 is 2.68 bits per heavy atom. The van der Waals surface area contributed by atoms with E-state index in [9.17, 15) is 4.79 Å². The molecule has 1 atom stereocenters. The molecule has 0 aromatic carbocycles. The summed E-state index contributed by atoms with van der Waals surface area (Å²) in [6.45, 7) is 5.85. The number of piperidine rings is 1. The fraction of sp³-hybridized carbons (Fsp3) is 0.619. The van der Waals surface area contributed by atoms with E-state index in [0.717, 1.165) is 55.1 Å². The van der Waals surface area contributed by atoms with E-state index in [0.29, 0.717) is 13.2 Å². The first-order chi connectivity index (χ1) is 13.8. The molecular weight excluding hydrogens is 354 g/mol. The van der Waals surface area contributed by atoms with Gasteiger partial charge in [-0.2, -0.15) is 0 Å². The van der Waals surface area contributed by atoms with Crippen LogP contribution in [0.3, 0.4) is 0 Å². The highest BCUT2D eigenvalue weighted by Gasteiger charge is 2.28. The van der Waals surface area contributed by atoms with Gasteiger partial charge in [-0.25, -0.2) is 15.0 Å². The summed E-state index contributed by atoms with van der Waals surface area (Å²) in [7, 11) is 0. The summed E-state index contributed by atoms with van der Waals surface area (Å²) >= 11 is 0. The van der Waals surface area contributed by atoms with Gasteiger partial charge in [-0.05, 0) is 38.7 Å². The average molecular weight is 383 g/mol. The Morgan fingerprint density at radius 1 is 1.11 bits per heavy atom. The Morgan fingerprint density at radius 2 is 1.89 bits per heavy atom. The molecule has 0 bridgehead atoms. The third kappa shape index (κ3) is 4.03. The number of nitrogens with zero attached hydrogens (tertiary/aromatic N) is 5. The maximum Gasteiger partial charge on any atom is 0.310 e. The molecule has 28 heavy (non-hydrogen) atoms. The predicted octanol–water partition coefficient (Wildman–Crippen LogP) is 3.18. The van der Waals surface area contributed by atoms with Crippen LogP contribution < -0.4 is 9.80 Å². The monoisotopic (exact) mass is 383 g/mol. The number of carbonyl (C=O) groups excluding carboxylic acids is 1. The first kappa shape index (κ1) is 18.9. The minimum Gasteiger partial charge on any atom is -0.466 e. The summed E-state index contributed by atoms with van der Waals surface area (Å²) in [5.74, 6) is 1.48. The number of esters is 1. The van der Waals surface area contributed by atoms with Crippen molar-refractivity contribution in [1.82, 2.24) is 15.0 Å². The molecule has 0 spiro atoms. The van der Waals surface area contributed by atoms with Crippen molar-refractivity contribution in [3.63, 3.8) is 0 Å². The zero-order valence-corrected chi connectivity index (χ0v) is 16.6. The number of pyridine rings is 1. The van der Waals surface area contributed by atoms with Crippen LogP contribution in [-0.4, -0.2) is 53.7 Å². The number of rotatable bonds is 4. The van der Waals surface area contributed by atoms with Crippen LogP contribution >= 0.6 is 0 Å². The summed E-state index contributed by atoms with van der Waals surface area (Å²) in [5.41, 5.74) is 0.914. The van der Waals surface area contributed by atoms with Crippen LogP contribution in [0.25, 0.3) is 10.9 Å². The normalized spacial score (nSPS) is 20.8. The highest BCUT2D eigenvalue weighted by molar-refractivity contribution is 5.89. The van der Waals surface area contributed by atoms with Gasteiger partial charge in [0.05, 0.1) is 23.4 Å². The molecule has 2 aromatic heterocycles. The van der Waals surface area contributed by atoms with E-state index in [-0.39, 0.29) is 11.9 Å². The Hall–Kier alpha value is -2.44. The number of hydrogen-bond donors (Lipinski definition) is 0. The zero-order chi connectivity index (χ0) is 19.3. The summed E-state index contributed by atoms with van der Waals surface area (Å²) in [5, 5.41) is 0.950. The van der Waals surface area contributed by atoms with Gasteiger partial charge in [0.1, 0.15) is 5.82 Å². The van der Waals surface area contributed by atoms with E-state index < -0.39 is 0 Å². The molecule has 2 fully saturated rings. The van der Waals surface area contributed by atoms with Gasteiger partial charge in [-0.1, -0.05) is 12.8 Å². The highest BCUT2D eigenvalue weighted by Crippen LogP contribution is 2.29. The fourth-order valence-electron chi connectivity index (χ4n) is 4.23. The van der Waals surface area contributed by atoms with E-state index in [1.54, 1.807) is 0 Å². The van der Waals surface area contributed by atoms with Crippen molar-refractivity contribution in [2.75, 3.05) is 42.6 Å². The lowest BCUT2D eigenvalue weighted by Crippen LogP contribution is -2.40. The van der Waals surface area contributed by atoms with Crippen LogP contribution in [0, 0.1) is 5.92 Å². The van der Waals surface area contributed by atoms with Gasteiger partial charge >= 0.3 is 5.97 Å². The van der Waals surface area contributed by atoms with E-state index in [4.69, 9.17) is 9.72 Å². The molecule has 2 aliphatic rings. The largest absolute Gasteiger partial charge is 0.466 e. The first-order valence-electron chi connectivity index (χ1n) is 10.5. The molecule has 1 unspecified atom stereocenters. The lowest BCUT2D eigenvalue weighted by molar-refractivity contribution is -0.148. The summed E-state index contributed by atoms with van der Waals surface area (Å²) in [6, 6.07) is 1.95. The van der Waals surface area contributed by atoms with Gasteiger partial charge in [0.15, 0.2) is 0 Å². The van der Waals surface area contributed by atoms with Crippen LogP contribution in [0.5, 0.6) is 0 Å². The molecule has 0 radical (unpaired) electrons. The van der Waals surface area contributed by atoms with Gasteiger partial charge in [0.25, 0.3) is 0 Å². The van der Waals surface area contributed by atoms with Gasteiger partial charge in [0, 0.05) is 38.6 Å². The third-order valence-corrected chi connectivity index (χ3v) is 5.71. The van der Waals surface area contributed by atoms with Gasteiger partial charge in [0.2, 0.25) is 5.95 Å². The number of fused-ring (bicyclic) bond motifs is 1. The molecule has 0 aliphatic carbocycles. The maximum atomic E-state index is 12.2. The number of anilines is 2. The van der Waals surface area contributed by atoms with Gasteiger partial charge < -0.3 is 14.5 Å². The molecule has 0 saturated carbocycles. The van der Waals surface area contributed by atoms with Gasteiger partial charge in [-0.3, -0.25) is 4.79 Å². The molecule has 7 heteroatoms. The molecule has 150 valence electrons. The number of ether oxygens (including phenoxy) is 1. The van der Waals surface area contributed by atoms with Crippen molar-refractivity contribution in [1.29, 1.82) is 0 Å². The smallest absolute Gasteiger partial charge is 0.310 e. The standard InChI is InChI=1S/C21H29N5O2/c1-2-28-20(27)16-8-7-13-26(15-16)19-17-14-23-21(24-18(17)9-10-22-19)25-11-5-3-4-6-12-25/h9-10,14,16H,2-8,11-13,15H2,1H3. The van der Waals surface area contributed by atoms with Crippen molar-refractivity contribution in [3.8, 4) is 0 Å². The lowest BCUT2D eigenvalue weighted by Gasteiger charge is -2.33. The number of carbonyl (C=O) groups is 1. The topological polar surface area (TPSA) is 71.5 Å². The summed E-state index contributed by atoms with van der Waals surface area (Å²) < 4.78 is 5.23. The van der Waals surface area contributed by atoms with Crippen LogP contribution in [-0.2, 0) is 9.53 Å². The predicted molar refractivity (Wildman–Crippen MR) is 110 cm³/mol. The zero-order valence-electron chi connectivity index (χ0n) is 16.6. The van der Waals surface area contributed by atoms with Crippen molar-refractivity contribution in [2.45, 2.75) is 45.4 Å². The van der Waals surface area contributed by atoms with Crippen LogP contribution in [0.1, 0.15) is 45.4 Å². The quantitative estimate of drug-likeness (QED) is 0.751. The molecule has 2 aromatic rings. The fourth-order valence-corrected chi connectivity index (χ4v) is 4.23. The van der Waals surface area contributed by atoms with Crippen LogP contribution in [0.15, 0.2) is 18.5 Å². The average Bonchev–Trinajstić information content (AvgIpc) is 3.03. The minimum absolute atomic E-state index is 0.0944. The van der Waals surface area contributed by atoms with Crippen molar-refractivity contribution < 1.29 is 9.53 Å². The Labute approximate surface area is 166 Å². The molecule has 2 saturated heterocycles. The molecule has 0 N–H and O–H groups in total. The molecule has 0 amide bonds. The van der Waals surface area contributed by atoms with Crippen LogP contribution in [0.4, 0.5) is 11.8 Å². The maximum absolute atomic E-state index is 12.2. The Balaban J connectivity index is 1.58. The Kier molecular flexibility index (Phi) is 5.88. The van der Waals surface area contributed by atoms with Crippen molar-refractivity contribution in [2.24, 2.45) is 5.92 Å². The molecule has 4 heterocycles. The Bertz CT molecular complexity index is 820. The second-order valence-electron chi connectivity index (χ2n) is 7.68. The second-order valence-corrected chi connectivity index (χ2v) is 7.68. The van der Waals surface area contributed by atoms with Crippen LogP contribution in [0.2, 0.25) is 0 Å². The van der Waals surface area contributed by atoms with Crippen molar-refractivity contribution >= 4 is 28.6 Å². The number of aromatic nitrogens is 3. The van der Waals surface area contributed by atoms with Crippen molar-refractivity contribution in [3.05, 3.63) is 18.5 Å². The SMILES string of the molecule is CCOC(=O)C1CCCN(c2nccc3nc(N4CCCCCC4)ncc23)C1. The molecule has 2 aliphatic heterocycles. The number of hydrogen-bond acceptors (Lipinski definition) is 7. The first-order valence-corrected chi connectivity index (χ1v) is 10.5. The minimum atomic E-state index is -0.105. The second kappa shape index (κ2) is 8.71. The highest BCUT2D eigenvalue weighted by atomic mass is 16.5. The third-order valence-electron chi connectivity index (χ3n) is 5.71. The van der Waals surface area contributed by atoms with E-state index in [1.807, 2.05) is 25.4 Å². The van der Waals surface area contributed by atoms with E-state index >= 15 is 0 Å². The molecular formula is C21H29N5O2. The lowest BCUT2D eigenvalue weighted by atomic mass is 9.98. The van der Waals surface area contributed by atoms with Gasteiger partial charge in [-0.15, -0.1) is 0 Å². The molecule has 7 nitrogen and oxygen atoms in total. The summed E-state index contributed by atoms with van der Waals surface area (Å²) in [6.07, 6.45) is 10.5. The van der Waals surface area contributed by atoms with E-state index in [2.05, 4.69) is 19.8 Å². The summed E-state index contributed by atoms with van der Waals surface area (Å²) in [4.78, 5) is 30.8. The van der Waals surface area contributed by atoms with E-state index in [1.165, 1.54) is 25.7 Å². The molecule has 4 rings (SSSR count).